The zero-order valence-electron chi connectivity index (χ0n) is 18.2. The minimum atomic E-state index is -0.270. The summed E-state index contributed by atoms with van der Waals surface area (Å²) in [5.74, 6) is 0.0913. The van der Waals surface area contributed by atoms with Crippen molar-refractivity contribution in [1.29, 1.82) is 0 Å². The molecule has 0 bridgehead atoms. The van der Waals surface area contributed by atoms with Crippen molar-refractivity contribution in [2.24, 2.45) is 0 Å². The first-order valence-corrected chi connectivity index (χ1v) is 10.2. The maximum Gasteiger partial charge on any atom is 0.243 e. The molecule has 160 valence electrons. The fourth-order valence-corrected chi connectivity index (χ4v) is 2.88. The third-order valence-electron chi connectivity index (χ3n) is 4.69. The van der Waals surface area contributed by atoms with Crippen LogP contribution in [0.4, 0.5) is 5.69 Å². The average Bonchev–Trinajstić information content (AvgIpc) is 2.73. The van der Waals surface area contributed by atoms with Crippen molar-refractivity contribution in [2.75, 3.05) is 25.5 Å². The third kappa shape index (κ3) is 7.03. The van der Waals surface area contributed by atoms with Crippen LogP contribution in [0.3, 0.4) is 0 Å². The summed E-state index contributed by atoms with van der Waals surface area (Å²) in [6.45, 7) is 6.46. The van der Waals surface area contributed by atoms with Crippen LogP contribution in [0.25, 0.3) is 0 Å². The Morgan fingerprint density at radius 3 is 2.37 bits per heavy atom. The van der Waals surface area contributed by atoms with Gasteiger partial charge in [0, 0.05) is 31.1 Å². The van der Waals surface area contributed by atoms with E-state index in [1.54, 1.807) is 31.3 Å². The Hall–Kier alpha value is -3.15. The second-order valence-electron chi connectivity index (χ2n) is 7.41. The molecule has 2 amide bonds. The van der Waals surface area contributed by atoms with Crippen LogP contribution in [-0.4, -0.2) is 42.7 Å². The van der Waals surface area contributed by atoms with E-state index >= 15 is 0 Å². The Labute approximate surface area is 178 Å². The number of anilines is 1. The number of amides is 2. The van der Waals surface area contributed by atoms with Crippen LogP contribution in [0.15, 0.2) is 42.5 Å². The quantitative estimate of drug-likeness (QED) is 0.597. The van der Waals surface area contributed by atoms with E-state index in [1.807, 2.05) is 39.0 Å². The lowest BCUT2D eigenvalue weighted by atomic mass is 10.1. The highest BCUT2D eigenvalue weighted by atomic mass is 16.5. The number of Topliss-reactive ketones (excluding diaryl/α,β-unsaturated/α-hetero) is 1. The summed E-state index contributed by atoms with van der Waals surface area (Å²) in [5, 5.41) is 2.84. The minimum Gasteiger partial charge on any atom is -0.494 e. The maximum atomic E-state index is 12.3. The van der Waals surface area contributed by atoms with Gasteiger partial charge in [0.05, 0.1) is 13.2 Å². The fourth-order valence-electron chi connectivity index (χ4n) is 2.88. The van der Waals surface area contributed by atoms with Crippen molar-refractivity contribution in [3.8, 4) is 5.75 Å². The molecule has 0 heterocycles. The number of hydrogen-bond acceptors (Lipinski definition) is 4. The minimum absolute atomic E-state index is 0.0557. The van der Waals surface area contributed by atoms with E-state index < -0.39 is 0 Å². The van der Waals surface area contributed by atoms with Crippen LogP contribution < -0.4 is 10.1 Å². The van der Waals surface area contributed by atoms with Gasteiger partial charge in [0.1, 0.15) is 5.75 Å². The first kappa shape index (κ1) is 23.1. The normalized spacial score (nSPS) is 10.4. The summed E-state index contributed by atoms with van der Waals surface area (Å²) in [4.78, 5) is 38.3. The van der Waals surface area contributed by atoms with E-state index in [0.717, 1.165) is 29.0 Å². The molecule has 0 aliphatic carbocycles. The SMILES string of the molecule is CCCOc1ccc(C(=O)CCC(=O)N(C)CC(=O)Nc2cc(C)ccc2C)cc1. The Morgan fingerprint density at radius 2 is 1.70 bits per heavy atom. The molecule has 2 aromatic carbocycles. The van der Waals surface area contributed by atoms with Crippen LogP contribution in [0.1, 0.15) is 47.7 Å². The zero-order chi connectivity index (χ0) is 22.1. The van der Waals surface area contributed by atoms with E-state index in [4.69, 9.17) is 4.74 Å². The summed E-state index contributed by atoms with van der Waals surface area (Å²) >= 11 is 0. The van der Waals surface area contributed by atoms with Crippen molar-refractivity contribution in [3.63, 3.8) is 0 Å². The van der Waals surface area contributed by atoms with Crippen molar-refractivity contribution in [3.05, 3.63) is 59.2 Å². The summed E-state index contributed by atoms with van der Waals surface area (Å²) in [5.41, 5.74) is 3.28. The molecule has 0 saturated carbocycles. The maximum absolute atomic E-state index is 12.3. The average molecular weight is 411 g/mol. The van der Waals surface area contributed by atoms with Crippen molar-refractivity contribution in [2.45, 2.75) is 40.0 Å². The first-order valence-electron chi connectivity index (χ1n) is 10.2. The monoisotopic (exact) mass is 410 g/mol. The predicted octanol–water partition coefficient (Wildman–Crippen LogP) is 4.15. The number of hydrogen-bond donors (Lipinski definition) is 1. The number of carbonyl (C=O) groups excluding carboxylic acids is 3. The number of nitrogens with one attached hydrogen (secondary N) is 1. The van der Waals surface area contributed by atoms with Crippen LogP contribution in [0, 0.1) is 13.8 Å². The topological polar surface area (TPSA) is 75.7 Å². The van der Waals surface area contributed by atoms with Crippen molar-refractivity contribution < 1.29 is 19.1 Å². The molecule has 2 aromatic rings. The number of carbonyl (C=O) groups is 3. The summed E-state index contributed by atoms with van der Waals surface area (Å²) in [6, 6.07) is 12.7. The Balaban J connectivity index is 1.81. The molecule has 0 spiro atoms. The second kappa shape index (κ2) is 11.1. The van der Waals surface area contributed by atoms with Gasteiger partial charge in [-0.05, 0) is 61.7 Å². The smallest absolute Gasteiger partial charge is 0.243 e. The first-order chi connectivity index (χ1) is 14.3. The van der Waals surface area contributed by atoms with Gasteiger partial charge in [-0.1, -0.05) is 19.1 Å². The van der Waals surface area contributed by atoms with Crippen molar-refractivity contribution in [1.82, 2.24) is 4.90 Å². The molecular weight excluding hydrogens is 380 g/mol. The number of nitrogens with zero attached hydrogens (tertiary/aromatic N) is 1. The summed E-state index contributed by atoms with van der Waals surface area (Å²) in [6.07, 6.45) is 1.07. The second-order valence-corrected chi connectivity index (χ2v) is 7.41. The lowest BCUT2D eigenvalue weighted by Gasteiger charge is -2.17. The van der Waals surface area contributed by atoms with Gasteiger partial charge < -0.3 is 15.0 Å². The van der Waals surface area contributed by atoms with Crippen LogP contribution in [-0.2, 0) is 9.59 Å². The van der Waals surface area contributed by atoms with Gasteiger partial charge in [0.15, 0.2) is 5.78 Å². The van der Waals surface area contributed by atoms with E-state index in [9.17, 15) is 14.4 Å². The Bertz CT molecular complexity index is 891. The number of likely N-dealkylation sites (N-methyl/N-ethyl adjacent to an activating group) is 1. The molecule has 30 heavy (non-hydrogen) atoms. The third-order valence-corrected chi connectivity index (χ3v) is 4.69. The zero-order valence-corrected chi connectivity index (χ0v) is 18.2. The van der Waals surface area contributed by atoms with Gasteiger partial charge in [-0.25, -0.2) is 0 Å². The molecule has 0 radical (unpaired) electrons. The fraction of sp³-hybridized carbons (Fsp3) is 0.375. The molecule has 0 fully saturated rings. The number of benzene rings is 2. The number of aryl methyl sites for hydroxylation is 2. The molecule has 0 aliphatic rings. The predicted molar refractivity (Wildman–Crippen MR) is 118 cm³/mol. The van der Waals surface area contributed by atoms with Gasteiger partial charge >= 0.3 is 0 Å². The van der Waals surface area contributed by atoms with Gasteiger partial charge in [0.2, 0.25) is 11.8 Å². The van der Waals surface area contributed by atoms with Crippen LogP contribution >= 0.6 is 0 Å². The Kier molecular flexibility index (Phi) is 8.59. The standard InChI is InChI=1S/C24H30N2O4/c1-5-14-30-20-10-8-19(9-11-20)22(27)12-13-24(29)26(4)16-23(28)25-21-15-17(2)6-7-18(21)3/h6-11,15H,5,12-14,16H2,1-4H3,(H,25,28). The summed E-state index contributed by atoms with van der Waals surface area (Å²) < 4.78 is 5.50. The molecule has 0 aliphatic heterocycles. The largest absolute Gasteiger partial charge is 0.494 e. The van der Waals surface area contributed by atoms with Gasteiger partial charge in [-0.3, -0.25) is 14.4 Å². The molecule has 2 rings (SSSR count). The molecular formula is C24H30N2O4. The highest BCUT2D eigenvalue weighted by Gasteiger charge is 2.16. The number of rotatable bonds is 10. The molecule has 0 saturated heterocycles. The molecule has 0 unspecified atom stereocenters. The molecule has 6 nitrogen and oxygen atoms in total. The van der Waals surface area contributed by atoms with Crippen molar-refractivity contribution >= 4 is 23.3 Å². The molecule has 0 aromatic heterocycles. The van der Waals surface area contributed by atoms with Gasteiger partial charge in [-0.15, -0.1) is 0 Å². The molecule has 0 atom stereocenters. The number of ether oxygens (including phenoxy) is 1. The summed E-state index contributed by atoms with van der Waals surface area (Å²) in [7, 11) is 1.56. The lowest BCUT2D eigenvalue weighted by molar-refractivity contribution is -0.133. The van der Waals surface area contributed by atoms with E-state index in [2.05, 4.69) is 5.32 Å². The number of ketones is 1. The van der Waals surface area contributed by atoms with Crippen LogP contribution in [0.2, 0.25) is 0 Å². The Morgan fingerprint density at radius 1 is 1.00 bits per heavy atom. The lowest BCUT2D eigenvalue weighted by Crippen LogP contribution is -2.35. The van der Waals surface area contributed by atoms with E-state index in [0.29, 0.717) is 12.2 Å². The highest BCUT2D eigenvalue weighted by molar-refractivity contribution is 5.99. The van der Waals surface area contributed by atoms with Gasteiger partial charge in [0.25, 0.3) is 0 Å². The highest BCUT2D eigenvalue weighted by Crippen LogP contribution is 2.17. The van der Waals surface area contributed by atoms with Gasteiger partial charge in [-0.2, -0.15) is 0 Å². The van der Waals surface area contributed by atoms with E-state index in [-0.39, 0.29) is 37.0 Å². The molecule has 6 heteroatoms. The van der Waals surface area contributed by atoms with E-state index in [1.165, 1.54) is 4.90 Å². The molecule has 1 N–H and O–H groups in total. The van der Waals surface area contributed by atoms with Crippen LogP contribution in [0.5, 0.6) is 5.75 Å².